The summed E-state index contributed by atoms with van der Waals surface area (Å²) in [5, 5.41) is 5.41. The molecule has 3 rings (SSSR count). The van der Waals surface area contributed by atoms with Crippen LogP contribution in [0.4, 0.5) is 5.69 Å². The summed E-state index contributed by atoms with van der Waals surface area (Å²) >= 11 is 0. The molecule has 1 N–H and O–H groups in total. The SMILES string of the molecule is CC(=O)Nc1ccc2c3c(cccc13)CN(CCN(C)C)C2. The average molecular weight is 297 g/mol. The lowest BCUT2D eigenvalue weighted by Gasteiger charge is -2.30. The number of carbonyl (C=O) groups is 1. The summed E-state index contributed by atoms with van der Waals surface area (Å²) in [7, 11) is 4.22. The van der Waals surface area contributed by atoms with E-state index in [2.05, 4.69) is 53.5 Å². The zero-order valence-electron chi connectivity index (χ0n) is 13.5. The van der Waals surface area contributed by atoms with Crippen LogP contribution in [0.3, 0.4) is 0 Å². The zero-order chi connectivity index (χ0) is 15.7. The van der Waals surface area contributed by atoms with Gasteiger partial charge in [0.05, 0.1) is 0 Å². The Morgan fingerprint density at radius 3 is 2.59 bits per heavy atom. The van der Waals surface area contributed by atoms with E-state index < -0.39 is 0 Å². The Labute approximate surface area is 131 Å². The molecular weight excluding hydrogens is 274 g/mol. The highest BCUT2D eigenvalue weighted by Crippen LogP contribution is 2.34. The molecule has 4 heteroatoms. The number of hydrogen-bond acceptors (Lipinski definition) is 3. The molecule has 2 aromatic carbocycles. The Kier molecular flexibility index (Phi) is 4.14. The highest BCUT2D eigenvalue weighted by atomic mass is 16.1. The average Bonchev–Trinajstić information content (AvgIpc) is 2.47. The molecule has 0 unspecified atom stereocenters. The minimum atomic E-state index is -0.0240. The Hall–Kier alpha value is -1.91. The van der Waals surface area contributed by atoms with Gasteiger partial charge in [-0.05, 0) is 36.7 Å². The predicted molar refractivity (Wildman–Crippen MR) is 90.9 cm³/mol. The molecule has 2 aromatic rings. The van der Waals surface area contributed by atoms with E-state index in [4.69, 9.17) is 0 Å². The molecule has 1 aliphatic heterocycles. The Balaban J connectivity index is 1.96. The smallest absolute Gasteiger partial charge is 0.221 e. The summed E-state index contributed by atoms with van der Waals surface area (Å²) in [6.45, 7) is 5.63. The number of rotatable bonds is 4. The molecule has 1 amide bonds. The summed E-state index contributed by atoms with van der Waals surface area (Å²) in [5.41, 5.74) is 3.62. The van der Waals surface area contributed by atoms with Crippen LogP contribution in [0, 0.1) is 0 Å². The van der Waals surface area contributed by atoms with E-state index in [0.717, 1.165) is 37.3 Å². The van der Waals surface area contributed by atoms with Crippen LogP contribution in [0.25, 0.3) is 10.8 Å². The number of likely N-dealkylation sites (N-methyl/N-ethyl adjacent to an activating group) is 1. The van der Waals surface area contributed by atoms with Crippen LogP contribution in [0.1, 0.15) is 18.1 Å². The predicted octanol–water partition coefficient (Wildman–Crippen LogP) is 2.68. The van der Waals surface area contributed by atoms with E-state index in [1.54, 1.807) is 6.92 Å². The van der Waals surface area contributed by atoms with Gasteiger partial charge < -0.3 is 10.2 Å². The van der Waals surface area contributed by atoms with E-state index in [1.165, 1.54) is 16.5 Å². The van der Waals surface area contributed by atoms with Crippen LogP contribution < -0.4 is 5.32 Å². The van der Waals surface area contributed by atoms with Gasteiger partial charge in [0.15, 0.2) is 0 Å². The first-order valence-corrected chi connectivity index (χ1v) is 7.73. The molecule has 0 spiro atoms. The summed E-state index contributed by atoms with van der Waals surface area (Å²) in [6.07, 6.45) is 0. The minimum Gasteiger partial charge on any atom is -0.326 e. The third-order valence-corrected chi connectivity index (χ3v) is 4.18. The fourth-order valence-corrected chi connectivity index (χ4v) is 3.16. The van der Waals surface area contributed by atoms with Crippen LogP contribution >= 0.6 is 0 Å². The number of nitrogens with zero attached hydrogens (tertiary/aromatic N) is 2. The van der Waals surface area contributed by atoms with Crippen LogP contribution in [0.5, 0.6) is 0 Å². The van der Waals surface area contributed by atoms with E-state index in [9.17, 15) is 4.79 Å². The first-order chi connectivity index (χ1) is 10.5. The molecule has 0 fully saturated rings. The van der Waals surface area contributed by atoms with Crippen molar-refractivity contribution in [3.8, 4) is 0 Å². The van der Waals surface area contributed by atoms with E-state index in [1.807, 2.05) is 6.07 Å². The zero-order valence-corrected chi connectivity index (χ0v) is 13.5. The number of anilines is 1. The molecule has 116 valence electrons. The first kappa shape index (κ1) is 15.0. The van der Waals surface area contributed by atoms with Gasteiger partial charge in [0.25, 0.3) is 0 Å². The number of benzene rings is 2. The number of carbonyl (C=O) groups excluding carboxylic acids is 1. The molecule has 0 aromatic heterocycles. The summed E-state index contributed by atoms with van der Waals surface area (Å²) < 4.78 is 0. The molecule has 1 aliphatic rings. The molecule has 0 saturated carbocycles. The summed E-state index contributed by atoms with van der Waals surface area (Å²) in [4.78, 5) is 16.1. The fraction of sp³-hybridized carbons (Fsp3) is 0.389. The summed E-state index contributed by atoms with van der Waals surface area (Å²) in [5.74, 6) is -0.0240. The van der Waals surface area contributed by atoms with Gasteiger partial charge in [-0.3, -0.25) is 9.69 Å². The maximum Gasteiger partial charge on any atom is 0.221 e. The van der Waals surface area contributed by atoms with Crippen molar-refractivity contribution in [1.82, 2.24) is 9.80 Å². The van der Waals surface area contributed by atoms with Crippen molar-refractivity contribution in [2.24, 2.45) is 0 Å². The third kappa shape index (κ3) is 2.98. The second-order valence-electron chi connectivity index (χ2n) is 6.31. The van der Waals surface area contributed by atoms with E-state index >= 15 is 0 Å². The quantitative estimate of drug-likeness (QED) is 0.942. The molecule has 0 atom stereocenters. The highest BCUT2D eigenvalue weighted by Gasteiger charge is 2.19. The fourth-order valence-electron chi connectivity index (χ4n) is 3.16. The van der Waals surface area contributed by atoms with Crippen molar-refractivity contribution in [2.75, 3.05) is 32.5 Å². The minimum absolute atomic E-state index is 0.0240. The molecule has 0 bridgehead atoms. The second kappa shape index (κ2) is 6.07. The van der Waals surface area contributed by atoms with Gasteiger partial charge in [-0.1, -0.05) is 24.3 Å². The molecule has 0 aliphatic carbocycles. The lowest BCUT2D eigenvalue weighted by atomic mass is 9.94. The van der Waals surface area contributed by atoms with Crippen molar-refractivity contribution in [3.05, 3.63) is 41.5 Å². The largest absolute Gasteiger partial charge is 0.326 e. The maximum absolute atomic E-state index is 11.4. The van der Waals surface area contributed by atoms with E-state index in [-0.39, 0.29) is 5.91 Å². The second-order valence-corrected chi connectivity index (χ2v) is 6.31. The highest BCUT2D eigenvalue weighted by molar-refractivity contribution is 6.04. The molecular formula is C18H23N3O. The van der Waals surface area contributed by atoms with Gasteiger partial charge in [-0.25, -0.2) is 0 Å². The van der Waals surface area contributed by atoms with Gasteiger partial charge in [-0.15, -0.1) is 0 Å². The van der Waals surface area contributed by atoms with Crippen molar-refractivity contribution < 1.29 is 4.79 Å². The van der Waals surface area contributed by atoms with Crippen molar-refractivity contribution in [1.29, 1.82) is 0 Å². The van der Waals surface area contributed by atoms with Gasteiger partial charge in [0, 0.05) is 44.2 Å². The monoisotopic (exact) mass is 297 g/mol. The van der Waals surface area contributed by atoms with Crippen LogP contribution in [-0.2, 0) is 17.9 Å². The number of hydrogen-bond donors (Lipinski definition) is 1. The van der Waals surface area contributed by atoms with Crippen molar-refractivity contribution in [2.45, 2.75) is 20.0 Å². The first-order valence-electron chi connectivity index (χ1n) is 7.73. The van der Waals surface area contributed by atoms with Gasteiger partial charge in [-0.2, -0.15) is 0 Å². The Bertz CT molecular complexity index is 697. The summed E-state index contributed by atoms with van der Waals surface area (Å²) in [6, 6.07) is 10.6. The van der Waals surface area contributed by atoms with Crippen LogP contribution in [0.2, 0.25) is 0 Å². The van der Waals surface area contributed by atoms with Crippen LogP contribution in [0.15, 0.2) is 30.3 Å². The molecule has 1 heterocycles. The van der Waals surface area contributed by atoms with Gasteiger partial charge in [0.2, 0.25) is 5.91 Å². The normalized spacial score (nSPS) is 14.5. The lowest BCUT2D eigenvalue weighted by molar-refractivity contribution is -0.114. The molecule has 0 saturated heterocycles. The molecule has 4 nitrogen and oxygen atoms in total. The Morgan fingerprint density at radius 1 is 1.18 bits per heavy atom. The standard InChI is InChI=1S/C18H23N3O/c1-13(22)19-17-8-7-15-12-21(10-9-20(2)3)11-14-5-4-6-16(17)18(14)15/h4-8H,9-12H2,1-3H3,(H,19,22). The topological polar surface area (TPSA) is 35.6 Å². The Morgan fingerprint density at radius 2 is 1.91 bits per heavy atom. The van der Waals surface area contributed by atoms with E-state index in [0.29, 0.717) is 0 Å². The third-order valence-electron chi connectivity index (χ3n) is 4.18. The molecule has 0 radical (unpaired) electrons. The number of nitrogens with one attached hydrogen (secondary N) is 1. The lowest BCUT2D eigenvalue weighted by Crippen LogP contribution is -2.33. The number of amides is 1. The van der Waals surface area contributed by atoms with Crippen molar-refractivity contribution >= 4 is 22.4 Å². The molecule has 22 heavy (non-hydrogen) atoms. The van der Waals surface area contributed by atoms with Crippen LogP contribution in [-0.4, -0.2) is 42.9 Å². The maximum atomic E-state index is 11.4. The van der Waals surface area contributed by atoms with Gasteiger partial charge in [0.1, 0.15) is 0 Å². The van der Waals surface area contributed by atoms with Crippen molar-refractivity contribution in [3.63, 3.8) is 0 Å². The van der Waals surface area contributed by atoms with Gasteiger partial charge >= 0.3 is 0 Å².